The second kappa shape index (κ2) is 7.28. The molecule has 1 aliphatic rings. The fourth-order valence-electron chi connectivity index (χ4n) is 3.49. The van der Waals surface area contributed by atoms with E-state index in [9.17, 15) is 5.11 Å². The highest BCUT2D eigenvalue weighted by Gasteiger charge is 2.24. The van der Waals surface area contributed by atoms with Crippen LogP contribution in [0, 0.1) is 20.8 Å². The van der Waals surface area contributed by atoms with E-state index in [1.165, 1.54) is 36.3 Å². The number of nitrogens with one attached hydrogen (secondary N) is 1. The fraction of sp³-hybridized carbons (Fsp3) is 0.667. The molecule has 1 aromatic rings. The Bertz CT molecular complexity index is 449. The Balaban J connectivity index is 1.88. The van der Waals surface area contributed by atoms with Crippen LogP contribution >= 0.6 is 0 Å². The van der Waals surface area contributed by atoms with Gasteiger partial charge >= 0.3 is 0 Å². The molecule has 0 radical (unpaired) electrons. The van der Waals surface area contributed by atoms with Crippen LogP contribution in [0.25, 0.3) is 0 Å². The smallest absolute Gasteiger partial charge is 0.137 e. The molecule has 1 heterocycles. The number of aryl methyl sites for hydroxylation is 3. The number of aliphatic hydroxyl groups excluding tert-OH is 1. The molecular weight excluding hydrogens is 262 g/mol. The first kappa shape index (κ1) is 16.3. The van der Waals surface area contributed by atoms with E-state index in [0.717, 1.165) is 23.4 Å². The van der Waals surface area contributed by atoms with Gasteiger partial charge in [0, 0.05) is 0 Å². The first-order valence-electron chi connectivity index (χ1n) is 8.20. The van der Waals surface area contributed by atoms with Crippen molar-refractivity contribution >= 4 is 0 Å². The summed E-state index contributed by atoms with van der Waals surface area (Å²) >= 11 is 0. The SMILES string of the molecule is Cc1cc(C)c(OC[C@H](O)C[NH+]2CCCC[C@H]2C)c(C)c1. The molecule has 0 saturated carbocycles. The van der Waals surface area contributed by atoms with Gasteiger partial charge in [0.15, 0.2) is 0 Å². The molecule has 0 spiro atoms. The molecule has 3 heteroatoms. The maximum absolute atomic E-state index is 10.3. The lowest BCUT2D eigenvalue weighted by Crippen LogP contribution is -3.17. The van der Waals surface area contributed by atoms with Crippen molar-refractivity contribution in [3.63, 3.8) is 0 Å². The molecule has 3 atom stereocenters. The minimum absolute atomic E-state index is 0.388. The quantitative estimate of drug-likeness (QED) is 0.868. The van der Waals surface area contributed by atoms with E-state index in [2.05, 4.69) is 39.8 Å². The molecule has 0 bridgehead atoms. The molecule has 1 saturated heterocycles. The Morgan fingerprint density at radius 2 is 1.90 bits per heavy atom. The van der Waals surface area contributed by atoms with E-state index in [0.29, 0.717) is 12.6 Å². The molecular formula is C18H30NO2+. The van der Waals surface area contributed by atoms with Crippen LogP contribution in [0.2, 0.25) is 0 Å². The number of piperidine rings is 1. The number of benzene rings is 1. The largest absolute Gasteiger partial charge is 0.490 e. The topological polar surface area (TPSA) is 33.9 Å². The average Bonchev–Trinajstić information content (AvgIpc) is 2.40. The highest BCUT2D eigenvalue weighted by Crippen LogP contribution is 2.24. The summed E-state index contributed by atoms with van der Waals surface area (Å²) in [4.78, 5) is 1.52. The second-order valence-electron chi connectivity index (χ2n) is 6.70. The summed E-state index contributed by atoms with van der Waals surface area (Å²) in [7, 11) is 0. The first-order valence-corrected chi connectivity index (χ1v) is 8.20. The molecule has 0 aliphatic carbocycles. The zero-order chi connectivity index (χ0) is 15.4. The number of likely N-dealkylation sites (tertiary alicyclic amines) is 1. The molecule has 2 N–H and O–H groups in total. The molecule has 0 aromatic heterocycles. The van der Waals surface area contributed by atoms with Crippen molar-refractivity contribution in [3.8, 4) is 5.75 Å². The summed E-state index contributed by atoms with van der Waals surface area (Å²) in [5.41, 5.74) is 3.56. The van der Waals surface area contributed by atoms with Crippen LogP contribution < -0.4 is 9.64 Å². The predicted molar refractivity (Wildman–Crippen MR) is 86.2 cm³/mol. The number of aliphatic hydroxyl groups is 1. The summed E-state index contributed by atoms with van der Waals surface area (Å²) in [6.45, 7) is 10.9. The zero-order valence-corrected chi connectivity index (χ0v) is 13.9. The molecule has 118 valence electrons. The van der Waals surface area contributed by atoms with Crippen molar-refractivity contribution in [1.82, 2.24) is 0 Å². The van der Waals surface area contributed by atoms with Gasteiger partial charge in [0.05, 0.1) is 12.6 Å². The Morgan fingerprint density at radius 3 is 2.52 bits per heavy atom. The van der Waals surface area contributed by atoms with E-state index >= 15 is 0 Å². The minimum atomic E-state index is -0.388. The van der Waals surface area contributed by atoms with Crippen LogP contribution in [0.1, 0.15) is 42.9 Å². The van der Waals surface area contributed by atoms with Gasteiger partial charge < -0.3 is 14.7 Å². The first-order chi connectivity index (χ1) is 9.97. The number of quaternary nitrogens is 1. The van der Waals surface area contributed by atoms with Crippen molar-refractivity contribution < 1.29 is 14.7 Å². The minimum Gasteiger partial charge on any atom is -0.490 e. The van der Waals surface area contributed by atoms with Crippen molar-refractivity contribution in [3.05, 3.63) is 28.8 Å². The number of ether oxygens (including phenoxy) is 1. The molecule has 2 rings (SSSR count). The third-order valence-corrected chi connectivity index (χ3v) is 4.60. The summed E-state index contributed by atoms with van der Waals surface area (Å²) in [6.07, 6.45) is 3.50. The van der Waals surface area contributed by atoms with Crippen LogP contribution in [0.15, 0.2) is 12.1 Å². The Hall–Kier alpha value is -1.06. The molecule has 1 aliphatic heterocycles. The van der Waals surface area contributed by atoms with Crippen LogP contribution in [-0.4, -0.2) is 36.9 Å². The van der Waals surface area contributed by atoms with E-state index < -0.39 is 0 Å². The van der Waals surface area contributed by atoms with Gasteiger partial charge in [-0.1, -0.05) is 17.7 Å². The molecule has 0 amide bonds. The van der Waals surface area contributed by atoms with Crippen LogP contribution in [0.4, 0.5) is 0 Å². The lowest BCUT2D eigenvalue weighted by Gasteiger charge is -2.31. The molecule has 3 nitrogen and oxygen atoms in total. The summed E-state index contributed by atoms with van der Waals surface area (Å²) in [5.74, 6) is 0.932. The summed E-state index contributed by atoms with van der Waals surface area (Å²) in [6, 6.07) is 4.93. The van der Waals surface area contributed by atoms with Gasteiger partial charge in [0.2, 0.25) is 0 Å². The average molecular weight is 292 g/mol. The van der Waals surface area contributed by atoms with E-state index in [4.69, 9.17) is 4.74 Å². The molecule has 1 aromatic carbocycles. The van der Waals surface area contributed by atoms with Gasteiger partial charge in [-0.05, 0) is 58.1 Å². The van der Waals surface area contributed by atoms with Crippen molar-refractivity contribution in [2.75, 3.05) is 19.7 Å². The van der Waals surface area contributed by atoms with Crippen LogP contribution in [-0.2, 0) is 0 Å². The zero-order valence-electron chi connectivity index (χ0n) is 13.9. The van der Waals surface area contributed by atoms with Gasteiger partial charge in [-0.15, -0.1) is 0 Å². The Morgan fingerprint density at radius 1 is 1.24 bits per heavy atom. The maximum Gasteiger partial charge on any atom is 0.137 e. The van der Waals surface area contributed by atoms with Gasteiger partial charge in [-0.2, -0.15) is 0 Å². The summed E-state index contributed by atoms with van der Waals surface area (Å²) in [5, 5.41) is 10.3. The van der Waals surface area contributed by atoms with Crippen molar-refractivity contribution in [2.45, 2.75) is 59.1 Å². The molecule has 21 heavy (non-hydrogen) atoms. The van der Waals surface area contributed by atoms with Crippen molar-refractivity contribution in [1.29, 1.82) is 0 Å². The monoisotopic (exact) mass is 292 g/mol. The van der Waals surface area contributed by atoms with Crippen LogP contribution in [0.5, 0.6) is 5.75 Å². The van der Waals surface area contributed by atoms with Gasteiger partial charge in [0.1, 0.15) is 25.0 Å². The fourth-order valence-corrected chi connectivity index (χ4v) is 3.49. The van der Waals surface area contributed by atoms with E-state index in [-0.39, 0.29) is 6.10 Å². The third kappa shape index (κ3) is 4.45. The summed E-state index contributed by atoms with van der Waals surface area (Å²) < 4.78 is 5.90. The maximum atomic E-state index is 10.3. The standard InChI is InChI=1S/C18H29NO2/c1-13-9-14(2)18(15(3)10-13)21-12-17(20)11-19-8-6-5-7-16(19)4/h9-10,16-17,20H,5-8,11-12H2,1-4H3/p+1/t16-,17-/m1/s1. The van der Waals surface area contributed by atoms with Gasteiger partial charge in [0.25, 0.3) is 0 Å². The highest BCUT2D eigenvalue weighted by molar-refractivity contribution is 5.42. The lowest BCUT2D eigenvalue weighted by atomic mass is 10.0. The van der Waals surface area contributed by atoms with Gasteiger partial charge in [-0.25, -0.2) is 0 Å². The van der Waals surface area contributed by atoms with Crippen LogP contribution in [0.3, 0.4) is 0 Å². The normalized spacial score (nSPS) is 23.9. The predicted octanol–water partition coefficient (Wildman–Crippen LogP) is 1.81. The number of hydrogen-bond acceptors (Lipinski definition) is 2. The highest BCUT2D eigenvalue weighted by atomic mass is 16.5. The van der Waals surface area contributed by atoms with E-state index in [1.807, 2.05) is 0 Å². The Kier molecular flexibility index (Phi) is 5.65. The number of hydrogen-bond donors (Lipinski definition) is 2. The van der Waals surface area contributed by atoms with Crippen molar-refractivity contribution in [2.24, 2.45) is 0 Å². The lowest BCUT2D eigenvalue weighted by molar-refractivity contribution is -0.931. The number of rotatable bonds is 5. The molecule has 1 fully saturated rings. The Labute approximate surface area is 128 Å². The second-order valence-corrected chi connectivity index (χ2v) is 6.70. The molecule has 1 unspecified atom stereocenters. The van der Waals surface area contributed by atoms with E-state index in [1.54, 1.807) is 0 Å². The van der Waals surface area contributed by atoms with Gasteiger partial charge in [-0.3, -0.25) is 0 Å². The third-order valence-electron chi connectivity index (χ3n) is 4.60.